The van der Waals surface area contributed by atoms with Gasteiger partial charge in [0, 0.05) is 30.2 Å². The van der Waals surface area contributed by atoms with E-state index in [1.165, 1.54) is 17.4 Å². The lowest BCUT2D eigenvalue weighted by Crippen LogP contribution is -2.50. The number of morpholine rings is 1. The smallest absolute Gasteiger partial charge is 0.263 e. The van der Waals surface area contributed by atoms with Crippen LogP contribution in [0.3, 0.4) is 0 Å². The zero-order chi connectivity index (χ0) is 25.0. The van der Waals surface area contributed by atoms with Gasteiger partial charge in [-0.1, -0.05) is 0 Å². The predicted molar refractivity (Wildman–Crippen MR) is 138 cm³/mol. The molecule has 9 heteroatoms. The number of ether oxygens (including phenoxy) is 1. The molecule has 7 nitrogen and oxygen atoms in total. The third-order valence-corrected chi connectivity index (χ3v) is 8.79. The summed E-state index contributed by atoms with van der Waals surface area (Å²) in [6.45, 7) is 3.27. The lowest BCUT2D eigenvalue weighted by Gasteiger charge is -2.43. The Balaban J connectivity index is 1.24. The van der Waals surface area contributed by atoms with Crippen molar-refractivity contribution >= 4 is 38.8 Å². The molecule has 0 spiro atoms. The molecule has 1 amide bonds. The standard InChI is InChI=1S/C27H28FN5O2S/c1-14-5-7-19-24(30)25(36-27(19)31-14)26(34)32-15-6-8-18-20(9-15)22(28)10-23(21(18)11-29)33-12-16-3-2-4-17(13-33)35-16/h5,7,10,15-17H,2-4,6,8-9,12-13,30H2,1H3,(H,32,34)/t15-,16?,17?/m0/s1. The van der Waals surface area contributed by atoms with Gasteiger partial charge >= 0.3 is 0 Å². The molecule has 2 bridgehead atoms. The molecule has 2 fully saturated rings. The Morgan fingerprint density at radius 2 is 2.06 bits per heavy atom. The number of benzene rings is 1. The molecule has 186 valence electrons. The maximum atomic E-state index is 15.5. The average molecular weight is 506 g/mol. The van der Waals surface area contributed by atoms with Crippen LogP contribution in [-0.4, -0.2) is 42.2 Å². The van der Waals surface area contributed by atoms with Crippen molar-refractivity contribution in [3.63, 3.8) is 0 Å². The van der Waals surface area contributed by atoms with Crippen LogP contribution >= 0.6 is 11.3 Å². The van der Waals surface area contributed by atoms with E-state index in [2.05, 4.69) is 21.3 Å². The van der Waals surface area contributed by atoms with Gasteiger partial charge in [0.15, 0.2) is 0 Å². The Bertz CT molecular complexity index is 1400. The zero-order valence-electron chi connectivity index (χ0n) is 20.1. The molecule has 2 saturated heterocycles. The quantitative estimate of drug-likeness (QED) is 0.552. The summed E-state index contributed by atoms with van der Waals surface area (Å²) in [6, 6.07) is 7.40. The fraction of sp³-hybridized carbons (Fsp3) is 0.444. The number of nitriles is 1. The largest absolute Gasteiger partial charge is 0.397 e. The van der Waals surface area contributed by atoms with E-state index in [4.69, 9.17) is 10.5 Å². The molecule has 0 saturated carbocycles. The number of hydrogen-bond donors (Lipinski definition) is 2. The molecule has 1 aromatic carbocycles. The summed E-state index contributed by atoms with van der Waals surface area (Å²) in [5.74, 6) is -0.574. The van der Waals surface area contributed by atoms with Crippen LogP contribution < -0.4 is 16.0 Å². The number of aryl methyl sites for hydroxylation is 1. The number of amides is 1. The third kappa shape index (κ3) is 3.98. The molecule has 4 heterocycles. The van der Waals surface area contributed by atoms with Gasteiger partial charge in [-0.2, -0.15) is 5.26 Å². The van der Waals surface area contributed by atoms with Crippen LogP contribution in [0.1, 0.15) is 57.7 Å². The van der Waals surface area contributed by atoms with Crippen LogP contribution in [0.25, 0.3) is 10.2 Å². The van der Waals surface area contributed by atoms with Crippen LogP contribution in [0.15, 0.2) is 18.2 Å². The van der Waals surface area contributed by atoms with Crippen molar-refractivity contribution in [2.24, 2.45) is 0 Å². The summed E-state index contributed by atoms with van der Waals surface area (Å²) in [6.07, 6.45) is 4.96. The zero-order valence-corrected chi connectivity index (χ0v) is 21.0. The molecule has 3 atom stereocenters. The first-order valence-corrected chi connectivity index (χ1v) is 13.3. The molecule has 3 aliphatic rings. The lowest BCUT2D eigenvalue weighted by atomic mass is 9.84. The van der Waals surface area contributed by atoms with Crippen LogP contribution in [0, 0.1) is 24.1 Å². The van der Waals surface area contributed by atoms with Crippen molar-refractivity contribution in [2.75, 3.05) is 23.7 Å². The SMILES string of the molecule is Cc1ccc2c(N)c(C(=O)N[C@H]3CCc4c(C#N)c(N5CC6CCCC(C5)O6)cc(F)c4C3)sc2n1. The molecular weight excluding hydrogens is 477 g/mol. The number of nitrogens with zero attached hydrogens (tertiary/aromatic N) is 3. The van der Waals surface area contributed by atoms with Gasteiger partial charge in [-0.15, -0.1) is 11.3 Å². The fourth-order valence-electron chi connectivity index (χ4n) is 5.91. The van der Waals surface area contributed by atoms with Gasteiger partial charge in [0.1, 0.15) is 21.6 Å². The van der Waals surface area contributed by atoms with Gasteiger partial charge in [-0.05, 0) is 74.8 Å². The maximum Gasteiger partial charge on any atom is 0.263 e. The minimum absolute atomic E-state index is 0.142. The minimum atomic E-state index is -0.310. The number of pyridine rings is 1. The number of carbonyl (C=O) groups excluding carboxylic acids is 1. The predicted octanol–water partition coefficient (Wildman–Crippen LogP) is 4.24. The number of nitrogens with two attached hydrogens (primary N) is 1. The number of rotatable bonds is 3. The molecule has 36 heavy (non-hydrogen) atoms. The molecule has 3 N–H and O–H groups in total. The first-order valence-electron chi connectivity index (χ1n) is 12.5. The second kappa shape index (κ2) is 9.02. The number of nitrogen functional groups attached to an aromatic ring is 1. The van der Waals surface area contributed by atoms with E-state index in [-0.39, 0.29) is 30.0 Å². The second-order valence-electron chi connectivity index (χ2n) is 10.1. The number of anilines is 2. The molecule has 6 rings (SSSR count). The van der Waals surface area contributed by atoms with Crippen molar-refractivity contribution < 1.29 is 13.9 Å². The molecule has 2 aliphatic heterocycles. The second-order valence-corrected chi connectivity index (χ2v) is 11.1. The summed E-state index contributed by atoms with van der Waals surface area (Å²) in [5.41, 5.74) is 10.1. The summed E-state index contributed by atoms with van der Waals surface area (Å²) in [5, 5.41) is 13.9. The Morgan fingerprint density at radius 1 is 1.28 bits per heavy atom. The fourth-order valence-corrected chi connectivity index (χ4v) is 6.95. The molecule has 2 aromatic heterocycles. The summed E-state index contributed by atoms with van der Waals surface area (Å²) in [7, 11) is 0. The van der Waals surface area contributed by atoms with E-state index in [0.717, 1.165) is 40.7 Å². The van der Waals surface area contributed by atoms with Crippen LogP contribution in [0.2, 0.25) is 0 Å². The summed E-state index contributed by atoms with van der Waals surface area (Å²) >= 11 is 1.27. The highest BCUT2D eigenvalue weighted by Crippen LogP contribution is 2.37. The van der Waals surface area contributed by atoms with Crippen molar-refractivity contribution in [1.82, 2.24) is 10.3 Å². The Kier molecular flexibility index (Phi) is 5.81. The average Bonchev–Trinajstić information content (AvgIpc) is 3.19. The molecule has 3 aromatic rings. The van der Waals surface area contributed by atoms with Crippen molar-refractivity contribution in [3.8, 4) is 6.07 Å². The van der Waals surface area contributed by atoms with Crippen molar-refractivity contribution in [3.05, 3.63) is 51.3 Å². The van der Waals surface area contributed by atoms with Crippen LogP contribution in [-0.2, 0) is 17.6 Å². The van der Waals surface area contributed by atoms with E-state index in [1.807, 2.05) is 19.1 Å². The van der Waals surface area contributed by atoms with Crippen molar-refractivity contribution in [2.45, 2.75) is 63.7 Å². The molecular formula is C27H28FN5O2S. The monoisotopic (exact) mass is 505 g/mol. The maximum absolute atomic E-state index is 15.5. The number of carbonyl (C=O) groups is 1. The third-order valence-electron chi connectivity index (χ3n) is 7.68. The van der Waals surface area contributed by atoms with Gasteiger partial charge in [0.05, 0.1) is 29.1 Å². The van der Waals surface area contributed by atoms with Crippen LogP contribution in [0.4, 0.5) is 15.8 Å². The highest BCUT2D eigenvalue weighted by molar-refractivity contribution is 7.21. The molecule has 1 aliphatic carbocycles. The summed E-state index contributed by atoms with van der Waals surface area (Å²) in [4.78, 5) is 20.9. The van der Waals surface area contributed by atoms with E-state index >= 15 is 4.39 Å². The van der Waals surface area contributed by atoms with Gasteiger partial charge in [-0.3, -0.25) is 4.79 Å². The number of halogens is 1. The molecule has 0 radical (unpaired) electrons. The number of hydrogen-bond acceptors (Lipinski definition) is 7. The normalized spacial score (nSPS) is 23.2. The topological polar surface area (TPSA) is 104 Å². The van der Waals surface area contributed by atoms with Gasteiger partial charge in [-0.25, -0.2) is 9.37 Å². The highest BCUT2D eigenvalue weighted by Gasteiger charge is 2.34. The van der Waals surface area contributed by atoms with Crippen LogP contribution in [0.5, 0.6) is 0 Å². The lowest BCUT2D eigenvalue weighted by molar-refractivity contribution is -0.0605. The Hall–Kier alpha value is -3.22. The van der Waals surface area contributed by atoms with Gasteiger partial charge in [0.2, 0.25) is 0 Å². The number of thiophene rings is 1. The Labute approximate surface area is 213 Å². The van der Waals surface area contributed by atoms with E-state index in [9.17, 15) is 10.1 Å². The number of aromatic nitrogens is 1. The first-order chi connectivity index (χ1) is 17.4. The van der Waals surface area contributed by atoms with E-state index in [0.29, 0.717) is 59.7 Å². The van der Waals surface area contributed by atoms with E-state index < -0.39 is 0 Å². The minimum Gasteiger partial charge on any atom is -0.397 e. The van der Waals surface area contributed by atoms with Gasteiger partial charge in [0.25, 0.3) is 5.91 Å². The van der Waals surface area contributed by atoms with Crippen molar-refractivity contribution in [1.29, 1.82) is 5.26 Å². The molecule has 2 unspecified atom stereocenters. The highest BCUT2D eigenvalue weighted by atomic mass is 32.1. The van der Waals surface area contributed by atoms with Gasteiger partial charge < -0.3 is 20.7 Å². The summed E-state index contributed by atoms with van der Waals surface area (Å²) < 4.78 is 21.5. The first kappa shape index (κ1) is 23.2. The number of fused-ring (bicyclic) bond motifs is 4. The Morgan fingerprint density at radius 3 is 2.81 bits per heavy atom. The van der Waals surface area contributed by atoms with E-state index in [1.54, 1.807) is 0 Å². The number of nitrogens with one attached hydrogen (secondary N) is 1.